The Kier molecular flexibility index (Phi) is 5.96. The summed E-state index contributed by atoms with van der Waals surface area (Å²) in [4.78, 5) is 34.0. The summed E-state index contributed by atoms with van der Waals surface area (Å²) in [6, 6.07) is 20.5. The summed E-state index contributed by atoms with van der Waals surface area (Å²) in [5, 5.41) is 2.02. The Labute approximate surface area is 218 Å². The largest absolute Gasteiger partial charge is 0.378 e. The van der Waals surface area contributed by atoms with Crippen molar-refractivity contribution in [1.29, 1.82) is 0 Å². The van der Waals surface area contributed by atoms with Crippen molar-refractivity contribution in [1.82, 2.24) is 14.8 Å². The van der Waals surface area contributed by atoms with E-state index in [2.05, 4.69) is 4.98 Å². The molecule has 0 saturated carbocycles. The number of hydrogen-bond donors (Lipinski definition) is 1. The van der Waals surface area contributed by atoms with Gasteiger partial charge in [0.25, 0.3) is 5.91 Å². The minimum absolute atomic E-state index is 0.0223. The molecule has 6 nitrogen and oxygen atoms in total. The van der Waals surface area contributed by atoms with E-state index >= 15 is 0 Å². The molecule has 3 aromatic carbocycles. The highest BCUT2D eigenvalue weighted by atomic mass is 35.5. The van der Waals surface area contributed by atoms with Crippen LogP contribution in [0.1, 0.15) is 27.5 Å². The van der Waals surface area contributed by atoms with Gasteiger partial charge in [-0.3, -0.25) is 9.59 Å². The van der Waals surface area contributed by atoms with Gasteiger partial charge in [-0.05, 0) is 35.9 Å². The summed E-state index contributed by atoms with van der Waals surface area (Å²) < 4.78 is 5.40. The normalized spacial score (nSPS) is 17.6. The number of benzene rings is 3. The number of fused-ring (bicyclic) bond motifs is 2. The van der Waals surface area contributed by atoms with E-state index in [0.717, 1.165) is 33.3 Å². The van der Waals surface area contributed by atoms with Crippen LogP contribution < -0.4 is 0 Å². The van der Waals surface area contributed by atoms with Gasteiger partial charge in [-0.1, -0.05) is 59.6 Å². The van der Waals surface area contributed by atoms with Crippen LogP contribution in [0.5, 0.6) is 0 Å². The third-order valence-corrected chi connectivity index (χ3v) is 7.50. The van der Waals surface area contributed by atoms with Gasteiger partial charge in [0.1, 0.15) is 6.54 Å². The van der Waals surface area contributed by atoms with Crippen molar-refractivity contribution in [2.75, 3.05) is 32.8 Å². The lowest BCUT2D eigenvalue weighted by Crippen LogP contribution is -2.46. The molecule has 2 aliphatic rings. The minimum atomic E-state index is -0.461. The SMILES string of the molecule is O=C(CN1C(=O)c2ccccc2C1c1c(-c2ccc(Cl)cc2Cl)[nH]c2ccccc12)N1CCOCC1. The summed E-state index contributed by atoms with van der Waals surface area (Å²) in [7, 11) is 0. The highest BCUT2D eigenvalue weighted by Crippen LogP contribution is 2.46. The lowest BCUT2D eigenvalue weighted by molar-refractivity contribution is -0.136. The Morgan fingerprint density at radius 2 is 1.72 bits per heavy atom. The van der Waals surface area contributed by atoms with Crippen molar-refractivity contribution >= 4 is 45.9 Å². The van der Waals surface area contributed by atoms with Crippen molar-refractivity contribution in [3.05, 3.63) is 93.5 Å². The summed E-state index contributed by atoms with van der Waals surface area (Å²) in [5.41, 5.74) is 4.89. The Balaban J connectivity index is 1.53. The number of halogens is 2. The number of carbonyl (C=O) groups excluding carboxylic acids is 2. The molecule has 0 bridgehead atoms. The van der Waals surface area contributed by atoms with Crippen molar-refractivity contribution < 1.29 is 14.3 Å². The Hall–Kier alpha value is -3.32. The zero-order chi connectivity index (χ0) is 24.8. The zero-order valence-electron chi connectivity index (χ0n) is 19.3. The van der Waals surface area contributed by atoms with E-state index in [1.54, 1.807) is 21.9 Å². The highest BCUT2D eigenvalue weighted by Gasteiger charge is 2.41. The van der Waals surface area contributed by atoms with Gasteiger partial charge in [-0.25, -0.2) is 0 Å². The average Bonchev–Trinajstić information content (AvgIpc) is 3.39. The van der Waals surface area contributed by atoms with Gasteiger partial charge in [-0.15, -0.1) is 0 Å². The molecule has 1 atom stereocenters. The molecule has 2 aliphatic heterocycles. The number of nitrogens with zero attached hydrogens (tertiary/aromatic N) is 2. The van der Waals surface area contributed by atoms with Crippen LogP contribution in [-0.4, -0.2) is 59.4 Å². The maximum absolute atomic E-state index is 13.7. The molecule has 0 radical (unpaired) electrons. The molecule has 1 fully saturated rings. The number of rotatable bonds is 4. The molecule has 4 aromatic rings. The van der Waals surface area contributed by atoms with E-state index in [1.165, 1.54) is 0 Å². The Morgan fingerprint density at radius 3 is 2.53 bits per heavy atom. The number of aromatic amines is 1. The van der Waals surface area contributed by atoms with Crippen LogP contribution >= 0.6 is 23.2 Å². The van der Waals surface area contributed by atoms with Gasteiger partial charge in [0.2, 0.25) is 5.91 Å². The monoisotopic (exact) mass is 519 g/mol. The van der Waals surface area contributed by atoms with Crippen LogP contribution in [0.4, 0.5) is 0 Å². The lowest BCUT2D eigenvalue weighted by atomic mass is 9.93. The third-order valence-electron chi connectivity index (χ3n) is 6.95. The molecule has 0 aliphatic carbocycles. The average molecular weight is 520 g/mol. The maximum atomic E-state index is 13.7. The predicted molar refractivity (Wildman–Crippen MR) is 140 cm³/mol. The van der Waals surface area contributed by atoms with E-state index in [4.69, 9.17) is 27.9 Å². The van der Waals surface area contributed by atoms with Gasteiger partial charge in [-0.2, -0.15) is 0 Å². The first kappa shape index (κ1) is 23.1. The van der Waals surface area contributed by atoms with Gasteiger partial charge in [0.05, 0.1) is 30.0 Å². The van der Waals surface area contributed by atoms with Crippen LogP contribution in [0.15, 0.2) is 66.7 Å². The fourth-order valence-electron chi connectivity index (χ4n) is 5.26. The van der Waals surface area contributed by atoms with E-state index in [0.29, 0.717) is 41.9 Å². The van der Waals surface area contributed by atoms with Gasteiger partial charge in [0, 0.05) is 45.7 Å². The zero-order valence-corrected chi connectivity index (χ0v) is 20.9. The number of hydrogen-bond acceptors (Lipinski definition) is 3. The second-order valence-electron chi connectivity index (χ2n) is 9.00. The number of carbonyl (C=O) groups is 2. The summed E-state index contributed by atoms with van der Waals surface area (Å²) in [6.45, 7) is 2.04. The van der Waals surface area contributed by atoms with Crippen molar-refractivity contribution in [2.24, 2.45) is 0 Å². The standard InChI is InChI=1S/C28H23Cl2N3O3/c29-17-9-10-20(22(30)15-17)26-25(21-7-3-4-8-23(21)31-26)27-18-5-1-2-6-19(18)28(35)33(27)16-24(34)32-11-13-36-14-12-32/h1-10,15,27,31H,11-14,16H2. The van der Waals surface area contributed by atoms with Crippen molar-refractivity contribution in [3.8, 4) is 11.3 Å². The molecule has 6 rings (SSSR count). The molecule has 8 heteroatoms. The molecule has 36 heavy (non-hydrogen) atoms. The van der Waals surface area contributed by atoms with Crippen molar-refractivity contribution in [2.45, 2.75) is 6.04 Å². The quantitative estimate of drug-likeness (QED) is 0.384. The molecule has 1 aromatic heterocycles. The molecule has 0 spiro atoms. The lowest BCUT2D eigenvalue weighted by Gasteiger charge is -2.31. The van der Waals surface area contributed by atoms with E-state index in [9.17, 15) is 9.59 Å². The van der Waals surface area contributed by atoms with Crippen LogP contribution in [0.2, 0.25) is 10.0 Å². The summed E-state index contributed by atoms with van der Waals surface area (Å²) >= 11 is 12.9. The second kappa shape index (κ2) is 9.28. The van der Waals surface area contributed by atoms with Gasteiger partial charge >= 0.3 is 0 Å². The molecule has 1 saturated heterocycles. The molecule has 1 N–H and O–H groups in total. The van der Waals surface area contributed by atoms with E-state index < -0.39 is 6.04 Å². The summed E-state index contributed by atoms with van der Waals surface area (Å²) in [6.07, 6.45) is 0. The van der Waals surface area contributed by atoms with Crippen LogP contribution in [0, 0.1) is 0 Å². The van der Waals surface area contributed by atoms with E-state index in [-0.39, 0.29) is 18.4 Å². The number of amides is 2. The number of ether oxygens (including phenoxy) is 1. The van der Waals surface area contributed by atoms with Gasteiger partial charge in [0.15, 0.2) is 0 Å². The summed E-state index contributed by atoms with van der Waals surface area (Å²) in [5.74, 6) is -0.244. The van der Waals surface area contributed by atoms with E-state index in [1.807, 2.05) is 54.6 Å². The molecular formula is C28H23Cl2N3O3. The highest BCUT2D eigenvalue weighted by molar-refractivity contribution is 6.36. The third kappa shape index (κ3) is 3.86. The number of H-pyrrole nitrogens is 1. The van der Waals surface area contributed by atoms with Gasteiger partial charge < -0.3 is 19.5 Å². The first-order chi connectivity index (χ1) is 17.5. The smallest absolute Gasteiger partial charge is 0.255 e. The second-order valence-corrected chi connectivity index (χ2v) is 9.84. The molecular weight excluding hydrogens is 497 g/mol. The first-order valence-corrected chi connectivity index (χ1v) is 12.6. The fourth-order valence-corrected chi connectivity index (χ4v) is 5.76. The Morgan fingerprint density at radius 1 is 0.972 bits per heavy atom. The maximum Gasteiger partial charge on any atom is 0.255 e. The van der Waals surface area contributed by atoms with Crippen LogP contribution in [0.25, 0.3) is 22.2 Å². The topological polar surface area (TPSA) is 65.6 Å². The number of nitrogens with one attached hydrogen (secondary N) is 1. The van der Waals surface area contributed by atoms with Crippen LogP contribution in [0.3, 0.4) is 0 Å². The predicted octanol–water partition coefficient (Wildman–Crippen LogP) is 5.55. The molecule has 3 heterocycles. The molecule has 182 valence electrons. The Bertz CT molecular complexity index is 1490. The number of aromatic nitrogens is 1. The number of morpholine rings is 1. The number of para-hydroxylation sites is 1. The van der Waals surface area contributed by atoms with Crippen LogP contribution in [-0.2, 0) is 9.53 Å². The molecule has 2 amide bonds. The first-order valence-electron chi connectivity index (χ1n) is 11.8. The molecule has 1 unspecified atom stereocenters. The minimum Gasteiger partial charge on any atom is -0.378 e. The fraction of sp³-hybridized carbons (Fsp3) is 0.214. The van der Waals surface area contributed by atoms with Crippen molar-refractivity contribution in [3.63, 3.8) is 0 Å².